The first kappa shape index (κ1) is 14.7. The van der Waals surface area contributed by atoms with Crippen molar-refractivity contribution in [2.45, 2.75) is 38.0 Å². The van der Waals surface area contributed by atoms with Crippen LogP contribution in [0, 0.1) is 12.8 Å². The Balaban J connectivity index is 1.90. The van der Waals surface area contributed by atoms with Gasteiger partial charge < -0.3 is 5.32 Å². The number of halogens is 2. The van der Waals surface area contributed by atoms with E-state index in [0.29, 0.717) is 23.0 Å². The minimum absolute atomic E-state index is 0.0223. The van der Waals surface area contributed by atoms with Crippen LogP contribution in [0.1, 0.15) is 41.6 Å². The lowest BCUT2D eigenvalue weighted by molar-refractivity contribution is 0.0943. The first-order chi connectivity index (χ1) is 9.06. The van der Waals surface area contributed by atoms with Gasteiger partial charge in [-0.2, -0.15) is 0 Å². The highest BCUT2D eigenvalue weighted by Crippen LogP contribution is 2.27. The molecule has 0 heterocycles. The van der Waals surface area contributed by atoms with E-state index in [1.807, 2.05) is 13.0 Å². The maximum atomic E-state index is 12.1. The summed E-state index contributed by atoms with van der Waals surface area (Å²) < 4.78 is 0. The summed E-state index contributed by atoms with van der Waals surface area (Å²) in [6.07, 6.45) is 4.42. The molecule has 1 fully saturated rings. The van der Waals surface area contributed by atoms with Gasteiger partial charge in [-0.15, -0.1) is 11.6 Å². The molecule has 0 aliphatic heterocycles. The van der Waals surface area contributed by atoms with Crippen LogP contribution < -0.4 is 5.32 Å². The molecule has 0 radical (unpaired) electrons. The molecule has 104 valence electrons. The van der Waals surface area contributed by atoms with Crippen molar-refractivity contribution in [3.05, 3.63) is 34.3 Å². The van der Waals surface area contributed by atoms with Crippen LogP contribution in [-0.2, 0) is 0 Å². The lowest BCUT2D eigenvalue weighted by Gasteiger charge is -2.25. The van der Waals surface area contributed by atoms with E-state index >= 15 is 0 Å². The van der Waals surface area contributed by atoms with Gasteiger partial charge >= 0.3 is 0 Å². The van der Waals surface area contributed by atoms with Crippen LogP contribution in [0.5, 0.6) is 0 Å². The van der Waals surface area contributed by atoms with E-state index in [9.17, 15) is 4.79 Å². The monoisotopic (exact) mass is 299 g/mol. The van der Waals surface area contributed by atoms with Crippen molar-refractivity contribution in [3.63, 3.8) is 0 Å². The Labute approximate surface area is 124 Å². The van der Waals surface area contributed by atoms with Crippen molar-refractivity contribution < 1.29 is 4.79 Å². The molecule has 1 aromatic carbocycles. The maximum absolute atomic E-state index is 12.1. The van der Waals surface area contributed by atoms with Gasteiger partial charge in [0.05, 0.1) is 0 Å². The molecule has 1 aromatic rings. The minimum atomic E-state index is -0.0223. The van der Waals surface area contributed by atoms with Crippen molar-refractivity contribution in [2.75, 3.05) is 6.54 Å². The smallest absolute Gasteiger partial charge is 0.251 e. The van der Waals surface area contributed by atoms with Gasteiger partial charge in [-0.3, -0.25) is 4.79 Å². The number of aryl methyl sites for hydroxylation is 1. The maximum Gasteiger partial charge on any atom is 0.251 e. The van der Waals surface area contributed by atoms with Crippen molar-refractivity contribution in [1.82, 2.24) is 5.32 Å². The van der Waals surface area contributed by atoms with E-state index in [0.717, 1.165) is 31.2 Å². The van der Waals surface area contributed by atoms with Gasteiger partial charge in [0.25, 0.3) is 5.91 Å². The van der Waals surface area contributed by atoms with E-state index in [4.69, 9.17) is 23.2 Å². The summed E-state index contributed by atoms with van der Waals surface area (Å²) in [5, 5.41) is 3.94. The second-order valence-electron chi connectivity index (χ2n) is 5.30. The average molecular weight is 300 g/mol. The summed E-state index contributed by atoms with van der Waals surface area (Å²) in [7, 11) is 0. The number of hydrogen-bond acceptors (Lipinski definition) is 1. The number of carbonyl (C=O) groups excluding carboxylic acids is 1. The standard InChI is InChI=1S/C15H19Cl2NO/c1-10-7-13(17)5-6-14(10)15(19)18-9-11-3-2-4-12(16)8-11/h5-7,11-12H,2-4,8-9H2,1H3,(H,18,19). The Hall–Kier alpha value is -0.730. The van der Waals surface area contributed by atoms with Crippen molar-refractivity contribution in [2.24, 2.45) is 5.92 Å². The highest BCUT2D eigenvalue weighted by molar-refractivity contribution is 6.30. The predicted molar refractivity (Wildman–Crippen MR) is 80.1 cm³/mol. The quantitative estimate of drug-likeness (QED) is 0.834. The van der Waals surface area contributed by atoms with Gasteiger partial charge in [0.15, 0.2) is 0 Å². The van der Waals surface area contributed by atoms with Crippen molar-refractivity contribution in [3.8, 4) is 0 Å². The molecule has 19 heavy (non-hydrogen) atoms. The van der Waals surface area contributed by atoms with Gasteiger partial charge in [-0.25, -0.2) is 0 Å². The molecule has 0 spiro atoms. The van der Waals surface area contributed by atoms with Gasteiger partial charge in [-0.1, -0.05) is 18.0 Å². The first-order valence-corrected chi connectivity index (χ1v) is 7.56. The number of nitrogens with one attached hydrogen (secondary N) is 1. The number of benzene rings is 1. The highest BCUT2D eigenvalue weighted by atomic mass is 35.5. The summed E-state index contributed by atoms with van der Waals surface area (Å²) in [6.45, 7) is 2.61. The summed E-state index contributed by atoms with van der Waals surface area (Å²) >= 11 is 12.0. The molecule has 2 unspecified atom stereocenters. The summed E-state index contributed by atoms with van der Waals surface area (Å²) in [5.74, 6) is 0.485. The number of rotatable bonds is 3. The van der Waals surface area contributed by atoms with Gasteiger partial charge in [0.1, 0.15) is 0 Å². The van der Waals surface area contributed by atoms with E-state index in [1.54, 1.807) is 12.1 Å². The van der Waals surface area contributed by atoms with Crippen LogP contribution in [0.15, 0.2) is 18.2 Å². The molecule has 1 N–H and O–H groups in total. The molecule has 1 saturated carbocycles. The molecule has 4 heteroatoms. The summed E-state index contributed by atoms with van der Waals surface area (Å²) in [6, 6.07) is 5.34. The molecule has 1 aliphatic carbocycles. The van der Waals surface area contributed by atoms with Gasteiger partial charge in [0, 0.05) is 22.5 Å². The van der Waals surface area contributed by atoms with Crippen LogP contribution in [0.3, 0.4) is 0 Å². The fraction of sp³-hybridized carbons (Fsp3) is 0.533. The first-order valence-electron chi connectivity index (χ1n) is 6.74. The minimum Gasteiger partial charge on any atom is -0.352 e. The molecule has 2 atom stereocenters. The molecule has 0 aromatic heterocycles. The fourth-order valence-corrected chi connectivity index (χ4v) is 3.26. The highest BCUT2D eigenvalue weighted by Gasteiger charge is 2.21. The Kier molecular flexibility index (Phi) is 5.12. The summed E-state index contributed by atoms with van der Waals surface area (Å²) in [5.41, 5.74) is 1.60. The van der Waals surface area contributed by atoms with E-state index in [1.165, 1.54) is 0 Å². The molecule has 0 saturated heterocycles. The average Bonchev–Trinajstić information content (AvgIpc) is 2.36. The van der Waals surface area contributed by atoms with Crippen molar-refractivity contribution >= 4 is 29.1 Å². The molecule has 1 amide bonds. The molecule has 1 aliphatic rings. The number of amides is 1. The third-order valence-corrected chi connectivity index (χ3v) is 4.33. The zero-order valence-corrected chi connectivity index (χ0v) is 12.6. The number of hydrogen-bond donors (Lipinski definition) is 1. The molecular weight excluding hydrogens is 281 g/mol. The van der Waals surface area contributed by atoms with E-state index < -0.39 is 0 Å². The molecular formula is C15H19Cl2NO. The molecule has 2 rings (SSSR count). The normalized spacial score (nSPS) is 23.1. The molecule has 0 bridgehead atoms. The van der Waals surface area contributed by atoms with Crippen LogP contribution in [-0.4, -0.2) is 17.8 Å². The largest absolute Gasteiger partial charge is 0.352 e. The van der Waals surface area contributed by atoms with E-state index in [-0.39, 0.29) is 11.3 Å². The third kappa shape index (κ3) is 4.12. The number of carbonyl (C=O) groups is 1. The SMILES string of the molecule is Cc1cc(Cl)ccc1C(=O)NCC1CCCC(Cl)C1. The topological polar surface area (TPSA) is 29.1 Å². The van der Waals surface area contributed by atoms with Crippen LogP contribution in [0.4, 0.5) is 0 Å². The van der Waals surface area contributed by atoms with Gasteiger partial charge in [-0.05, 0) is 55.9 Å². The zero-order chi connectivity index (χ0) is 13.8. The lowest BCUT2D eigenvalue weighted by atomic mass is 9.89. The zero-order valence-electron chi connectivity index (χ0n) is 11.1. The Morgan fingerprint density at radius 2 is 2.21 bits per heavy atom. The van der Waals surface area contributed by atoms with Crippen LogP contribution in [0.25, 0.3) is 0 Å². The Morgan fingerprint density at radius 3 is 2.89 bits per heavy atom. The second-order valence-corrected chi connectivity index (χ2v) is 6.35. The lowest BCUT2D eigenvalue weighted by Crippen LogP contribution is -2.32. The van der Waals surface area contributed by atoms with Crippen LogP contribution >= 0.6 is 23.2 Å². The fourth-order valence-electron chi connectivity index (χ4n) is 2.62. The van der Waals surface area contributed by atoms with E-state index in [2.05, 4.69) is 5.32 Å². The van der Waals surface area contributed by atoms with Gasteiger partial charge in [0.2, 0.25) is 0 Å². The van der Waals surface area contributed by atoms with Crippen LogP contribution in [0.2, 0.25) is 5.02 Å². The Morgan fingerprint density at radius 1 is 1.42 bits per heavy atom. The molecule has 2 nitrogen and oxygen atoms in total. The number of alkyl halides is 1. The second kappa shape index (κ2) is 6.62. The summed E-state index contributed by atoms with van der Waals surface area (Å²) in [4.78, 5) is 12.1. The van der Waals surface area contributed by atoms with Crippen molar-refractivity contribution in [1.29, 1.82) is 0 Å². The predicted octanol–water partition coefficient (Wildman–Crippen LogP) is 4.18. The third-order valence-electron chi connectivity index (χ3n) is 3.70. The Bertz CT molecular complexity index is 461.